The third-order valence-corrected chi connectivity index (χ3v) is 6.73. The van der Waals surface area contributed by atoms with Crippen molar-refractivity contribution in [3.8, 4) is 0 Å². The third kappa shape index (κ3) is 4.14. The molecule has 158 valence electrons. The van der Waals surface area contributed by atoms with Gasteiger partial charge in [-0.2, -0.15) is 0 Å². The van der Waals surface area contributed by atoms with Crippen LogP contribution in [0.2, 0.25) is 0 Å². The highest BCUT2D eigenvalue weighted by Gasteiger charge is 2.21. The lowest BCUT2D eigenvalue weighted by molar-refractivity contribution is -0.118. The van der Waals surface area contributed by atoms with E-state index in [1.807, 2.05) is 41.3 Å². The molecule has 0 aliphatic rings. The Labute approximate surface area is 192 Å². The second-order valence-corrected chi connectivity index (χ2v) is 9.26. The molecule has 4 aromatic carbocycles. The Morgan fingerprint density at radius 2 is 1.59 bits per heavy atom. The van der Waals surface area contributed by atoms with Crippen LogP contribution in [0, 0.1) is 13.8 Å². The fourth-order valence-corrected chi connectivity index (χ4v) is 5.28. The molecule has 0 saturated carbocycles. The standard InChI is InChI=1S/C28H24N2OS/c1-19-14-20(2)27-25(15-19)32-28(29-27)30(18-21-8-4-3-5-9-21)26(31)17-22-12-13-23-10-6-7-11-24(23)16-22/h3-16H,17-18H2,1-2H3. The maximum absolute atomic E-state index is 13.6. The molecule has 0 aliphatic heterocycles. The van der Waals surface area contributed by atoms with Gasteiger partial charge in [0.1, 0.15) is 0 Å². The zero-order valence-corrected chi connectivity index (χ0v) is 19.0. The summed E-state index contributed by atoms with van der Waals surface area (Å²) in [6.07, 6.45) is 0.339. The molecule has 0 aliphatic carbocycles. The Morgan fingerprint density at radius 3 is 2.41 bits per heavy atom. The first-order valence-corrected chi connectivity index (χ1v) is 11.6. The number of thiazole rings is 1. The van der Waals surface area contributed by atoms with Gasteiger partial charge >= 0.3 is 0 Å². The van der Waals surface area contributed by atoms with E-state index in [1.54, 1.807) is 11.3 Å². The highest BCUT2D eigenvalue weighted by molar-refractivity contribution is 7.22. The number of aryl methyl sites for hydroxylation is 2. The minimum absolute atomic E-state index is 0.0533. The number of hydrogen-bond donors (Lipinski definition) is 0. The molecule has 0 atom stereocenters. The summed E-state index contributed by atoms with van der Waals surface area (Å²) < 4.78 is 1.12. The average molecular weight is 437 g/mol. The number of benzene rings is 4. The second kappa shape index (κ2) is 8.56. The lowest BCUT2D eigenvalue weighted by Crippen LogP contribution is -2.31. The van der Waals surface area contributed by atoms with E-state index in [0.717, 1.165) is 37.4 Å². The van der Waals surface area contributed by atoms with Crippen LogP contribution in [-0.2, 0) is 17.8 Å². The summed E-state index contributed by atoms with van der Waals surface area (Å²) >= 11 is 1.59. The van der Waals surface area contributed by atoms with E-state index in [0.29, 0.717) is 13.0 Å². The number of fused-ring (bicyclic) bond motifs is 2. The molecular weight excluding hydrogens is 412 g/mol. The summed E-state index contributed by atoms with van der Waals surface area (Å²) in [5.41, 5.74) is 5.44. The number of hydrogen-bond acceptors (Lipinski definition) is 3. The molecular formula is C28H24N2OS. The molecule has 1 aromatic heterocycles. The predicted molar refractivity (Wildman–Crippen MR) is 134 cm³/mol. The van der Waals surface area contributed by atoms with Gasteiger partial charge < -0.3 is 0 Å². The zero-order chi connectivity index (χ0) is 22.1. The number of rotatable bonds is 5. The van der Waals surface area contributed by atoms with Gasteiger partial charge in [0.05, 0.1) is 23.2 Å². The average Bonchev–Trinajstić information content (AvgIpc) is 3.22. The van der Waals surface area contributed by atoms with Crippen LogP contribution in [0.4, 0.5) is 5.13 Å². The summed E-state index contributed by atoms with van der Waals surface area (Å²) in [7, 11) is 0. The van der Waals surface area contributed by atoms with Crippen molar-refractivity contribution in [2.24, 2.45) is 0 Å². The van der Waals surface area contributed by atoms with Crippen LogP contribution in [0.5, 0.6) is 0 Å². The lowest BCUT2D eigenvalue weighted by Gasteiger charge is -2.20. The minimum atomic E-state index is 0.0533. The first-order valence-electron chi connectivity index (χ1n) is 10.8. The normalized spacial score (nSPS) is 11.2. The van der Waals surface area contributed by atoms with Crippen LogP contribution in [0.15, 0.2) is 84.9 Å². The molecule has 0 bridgehead atoms. The number of nitrogens with zero attached hydrogens (tertiary/aromatic N) is 2. The van der Waals surface area contributed by atoms with Crippen molar-refractivity contribution in [1.82, 2.24) is 4.98 Å². The van der Waals surface area contributed by atoms with Crippen LogP contribution in [-0.4, -0.2) is 10.9 Å². The maximum atomic E-state index is 13.6. The second-order valence-electron chi connectivity index (χ2n) is 8.25. The van der Waals surface area contributed by atoms with E-state index >= 15 is 0 Å². The Bertz CT molecular complexity index is 1420. The highest BCUT2D eigenvalue weighted by Crippen LogP contribution is 2.33. The molecule has 4 heteroatoms. The van der Waals surface area contributed by atoms with Gasteiger partial charge in [-0.3, -0.25) is 9.69 Å². The molecule has 0 unspecified atom stereocenters. The van der Waals surface area contributed by atoms with Crippen LogP contribution >= 0.6 is 11.3 Å². The summed E-state index contributed by atoms with van der Waals surface area (Å²) in [6.45, 7) is 4.68. The van der Waals surface area contributed by atoms with E-state index in [1.165, 1.54) is 10.9 Å². The molecule has 32 heavy (non-hydrogen) atoms. The summed E-state index contributed by atoms with van der Waals surface area (Å²) in [4.78, 5) is 20.3. The number of carbonyl (C=O) groups excluding carboxylic acids is 1. The topological polar surface area (TPSA) is 33.2 Å². The van der Waals surface area contributed by atoms with Gasteiger partial charge in [-0.1, -0.05) is 90.2 Å². The monoisotopic (exact) mass is 436 g/mol. The van der Waals surface area contributed by atoms with Gasteiger partial charge in [0.15, 0.2) is 5.13 Å². The lowest BCUT2D eigenvalue weighted by atomic mass is 10.0. The van der Waals surface area contributed by atoms with Crippen molar-refractivity contribution < 1.29 is 4.79 Å². The zero-order valence-electron chi connectivity index (χ0n) is 18.2. The van der Waals surface area contributed by atoms with Crippen molar-refractivity contribution in [3.63, 3.8) is 0 Å². The van der Waals surface area contributed by atoms with E-state index in [-0.39, 0.29) is 5.91 Å². The van der Waals surface area contributed by atoms with Gasteiger partial charge in [-0.15, -0.1) is 0 Å². The maximum Gasteiger partial charge on any atom is 0.233 e. The first kappa shape index (κ1) is 20.4. The molecule has 3 nitrogen and oxygen atoms in total. The molecule has 0 radical (unpaired) electrons. The van der Waals surface area contributed by atoms with E-state index in [9.17, 15) is 4.79 Å². The fourth-order valence-electron chi connectivity index (χ4n) is 4.12. The molecule has 1 heterocycles. The van der Waals surface area contributed by atoms with Crippen molar-refractivity contribution in [3.05, 3.63) is 107 Å². The van der Waals surface area contributed by atoms with E-state index in [4.69, 9.17) is 4.98 Å². The van der Waals surface area contributed by atoms with Crippen LogP contribution in [0.1, 0.15) is 22.3 Å². The molecule has 0 N–H and O–H groups in total. The van der Waals surface area contributed by atoms with Crippen LogP contribution in [0.3, 0.4) is 0 Å². The summed E-state index contributed by atoms with van der Waals surface area (Å²) in [5, 5.41) is 3.09. The predicted octanol–water partition coefficient (Wildman–Crippen LogP) is 6.84. The van der Waals surface area contributed by atoms with Crippen molar-refractivity contribution in [2.75, 3.05) is 4.90 Å². The van der Waals surface area contributed by atoms with Gasteiger partial charge in [0.25, 0.3) is 0 Å². The molecule has 5 aromatic rings. The molecule has 0 saturated heterocycles. The van der Waals surface area contributed by atoms with Crippen molar-refractivity contribution >= 4 is 43.4 Å². The third-order valence-electron chi connectivity index (χ3n) is 5.70. The Balaban J connectivity index is 1.51. The number of amides is 1. The number of carbonyl (C=O) groups is 1. The molecule has 1 amide bonds. The number of aromatic nitrogens is 1. The summed E-state index contributed by atoms with van der Waals surface area (Å²) in [5.74, 6) is 0.0533. The van der Waals surface area contributed by atoms with Gasteiger partial charge in [0.2, 0.25) is 5.91 Å². The molecule has 5 rings (SSSR count). The largest absolute Gasteiger partial charge is 0.283 e. The Hall–Kier alpha value is -3.50. The van der Waals surface area contributed by atoms with Gasteiger partial charge in [0, 0.05) is 0 Å². The smallest absolute Gasteiger partial charge is 0.233 e. The SMILES string of the molecule is Cc1cc(C)c2nc(N(Cc3ccccc3)C(=O)Cc3ccc4ccccc4c3)sc2c1. The van der Waals surface area contributed by atoms with Gasteiger partial charge in [-0.05, 0) is 52.9 Å². The van der Waals surface area contributed by atoms with Crippen molar-refractivity contribution in [2.45, 2.75) is 26.8 Å². The number of anilines is 1. The van der Waals surface area contributed by atoms with Gasteiger partial charge in [-0.25, -0.2) is 4.98 Å². The Morgan fingerprint density at radius 1 is 0.844 bits per heavy atom. The first-order chi connectivity index (χ1) is 15.6. The molecule has 0 spiro atoms. The van der Waals surface area contributed by atoms with Crippen LogP contribution < -0.4 is 4.90 Å². The Kier molecular flexibility index (Phi) is 5.46. The highest BCUT2D eigenvalue weighted by atomic mass is 32.1. The van der Waals surface area contributed by atoms with E-state index in [2.05, 4.69) is 62.4 Å². The quantitative estimate of drug-likeness (QED) is 0.302. The minimum Gasteiger partial charge on any atom is -0.283 e. The fraction of sp³-hybridized carbons (Fsp3) is 0.143. The summed E-state index contributed by atoms with van der Waals surface area (Å²) in [6, 6.07) is 28.9. The van der Waals surface area contributed by atoms with Crippen LogP contribution in [0.25, 0.3) is 21.0 Å². The molecule has 0 fully saturated rings. The van der Waals surface area contributed by atoms with Crippen molar-refractivity contribution in [1.29, 1.82) is 0 Å². The van der Waals surface area contributed by atoms with E-state index < -0.39 is 0 Å².